The van der Waals surface area contributed by atoms with Crippen LogP contribution in [0.1, 0.15) is 24.9 Å². The summed E-state index contributed by atoms with van der Waals surface area (Å²) in [5.74, 6) is 0.185. The number of carbonyl (C=O) groups excluding carboxylic acids is 1. The zero-order chi connectivity index (χ0) is 15.5. The van der Waals surface area contributed by atoms with E-state index in [2.05, 4.69) is 46.5 Å². The largest absolute Gasteiger partial charge is 0.344 e. The van der Waals surface area contributed by atoms with E-state index < -0.39 is 0 Å². The van der Waals surface area contributed by atoms with Gasteiger partial charge in [-0.3, -0.25) is 10.1 Å². The van der Waals surface area contributed by atoms with Crippen LogP contribution in [0.4, 0.5) is 0 Å². The highest BCUT2D eigenvalue weighted by Crippen LogP contribution is 2.22. The average Bonchev–Trinajstić information content (AvgIpc) is 2.88. The number of aromatic nitrogens is 2. The van der Waals surface area contributed by atoms with E-state index in [4.69, 9.17) is 0 Å². The predicted octanol–water partition coefficient (Wildman–Crippen LogP) is 2.02. The quantitative estimate of drug-likeness (QED) is 0.938. The van der Waals surface area contributed by atoms with Gasteiger partial charge in [0.2, 0.25) is 5.91 Å². The average molecular weight is 296 g/mol. The maximum absolute atomic E-state index is 12.0. The highest BCUT2D eigenvalue weighted by atomic mass is 16.2. The zero-order valence-corrected chi connectivity index (χ0v) is 12.9. The summed E-state index contributed by atoms with van der Waals surface area (Å²) in [6.07, 6.45) is 6.01. The minimum Gasteiger partial charge on any atom is -0.344 e. The summed E-state index contributed by atoms with van der Waals surface area (Å²) in [6, 6.07) is 8.37. The standard InChI is InChI=1S/C17H20N4O/c1-12(20-16-7-8-21(2)17(16)22)13-3-5-14(6-4-13)15-9-18-11-19-10-15/h3-6,9-12,16,20H,7-8H2,1-2H3. The summed E-state index contributed by atoms with van der Waals surface area (Å²) in [4.78, 5) is 21.8. The molecule has 2 unspecified atom stereocenters. The van der Waals surface area contributed by atoms with E-state index >= 15 is 0 Å². The molecule has 1 aromatic carbocycles. The number of nitrogens with one attached hydrogen (secondary N) is 1. The van der Waals surface area contributed by atoms with Crippen molar-refractivity contribution in [2.24, 2.45) is 0 Å². The smallest absolute Gasteiger partial charge is 0.239 e. The Bertz CT molecular complexity index is 641. The van der Waals surface area contributed by atoms with E-state index in [0.717, 1.165) is 24.1 Å². The minimum atomic E-state index is -0.0674. The Morgan fingerprint density at radius 2 is 1.86 bits per heavy atom. The lowest BCUT2D eigenvalue weighted by molar-refractivity contribution is -0.128. The zero-order valence-electron chi connectivity index (χ0n) is 12.9. The molecule has 114 valence electrons. The van der Waals surface area contributed by atoms with E-state index in [1.807, 2.05) is 7.05 Å². The molecule has 5 heteroatoms. The van der Waals surface area contributed by atoms with Gasteiger partial charge in [-0.2, -0.15) is 0 Å². The topological polar surface area (TPSA) is 58.1 Å². The first-order chi connectivity index (χ1) is 10.6. The monoisotopic (exact) mass is 296 g/mol. The summed E-state index contributed by atoms with van der Waals surface area (Å²) in [5.41, 5.74) is 3.26. The number of likely N-dealkylation sites (tertiary alicyclic amines) is 1. The number of nitrogens with zero attached hydrogens (tertiary/aromatic N) is 3. The van der Waals surface area contributed by atoms with Crippen molar-refractivity contribution in [3.8, 4) is 11.1 Å². The van der Waals surface area contributed by atoms with E-state index in [-0.39, 0.29) is 18.0 Å². The molecule has 2 atom stereocenters. The third-order valence-corrected chi connectivity index (χ3v) is 4.18. The predicted molar refractivity (Wildman–Crippen MR) is 85.1 cm³/mol. The van der Waals surface area contributed by atoms with Gasteiger partial charge in [0.1, 0.15) is 6.33 Å². The fourth-order valence-corrected chi connectivity index (χ4v) is 2.79. The molecule has 1 fully saturated rings. The van der Waals surface area contributed by atoms with Gasteiger partial charge in [-0.05, 0) is 24.5 Å². The number of benzene rings is 1. The van der Waals surface area contributed by atoms with Crippen molar-refractivity contribution in [3.63, 3.8) is 0 Å². The molecular formula is C17H20N4O. The molecule has 0 radical (unpaired) electrons. The second-order valence-corrected chi connectivity index (χ2v) is 5.74. The Morgan fingerprint density at radius 3 is 2.45 bits per heavy atom. The Hall–Kier alpha value is -2.27. The second-order valence-electron chi connectivity index (χ2n) is 5.74. The fraction of sp³-hybridized carbons (Fsp3) is 0.353. The molecule has 1 aliphatic heterocycles. The van der Waals surface area contributed by atoms with Crippen LogP contribution in [-0.4, -0.2) is 40.4 Å². The molecule has 0 spiro atoms. The van der Waals surface area contributed by atoms with Gasteiger partial charge in [-0.15, -0.1) is 0 Å². The highest BCUT2D eigenvalue weighted by Gasteiger charge is 2.29. The molecule has 5 nitrogen and oxygen atoms in total. The summed E-state index contributed by atoms with van der Waals surface area (Å²) in [5, 5.41) is 3.42. The number of rotatable bonds is 4. The van der Waals surface area contributed by atoms with Gasteiger partial charge in [-0.25, -0.2) is 9.97 Å². The molecule has 0 aliphatic carbocycles. The summed E-state index contributed by atoms with van der Waals surface area (Å²) >= 11 is 0. The van der Waals surface area contributed by atoms with Gasteiger partial charge in [0.15, 0.2) is 0 Å². The molecule has 1 N–H and O–H groups in total. The SMILES string of the molecule is CC(NC1CCN(C)C1=O)c1ccc(-c2cncnc2)cc1. The fourth-order valence-electron chi connectivity index (χ4n) is 2.79. The van der Waals surface area contributed by atoms with Gasteiger partial charge in [0, 0.05) is 37.6 Å². The van der Waals surface area contributed by atoms with Gasteiger partial charge in [0.05, 0.1) is 6.04 Å². The van der Waals surface area contributed by atoms with Crippen LogP contribution < -0.4 is 5.32 Å². The van der Waals surface area contributed by atoms with Gasteiger partial charge in [0.25, 0.3) is 0 Å². The van der Waals surface area contributed by atoms with Crippen LogP contribution in [0, 0.1) is 0 Å². The summed E-state index contributed by atoms with van der Waals surface area (Å²) in [7, 11) is 1.85. The van der Waals surface area contributed by atoms with Crippen LogP contribution in [-0.2, 0) is 4.79 Å². The van der Waals surface area contributed by atoms with Crippen LogP contribution in [0.5, 0.6) is 0 Å². The van der Waals surface area contributed by atoms with Crippen molar-refractivity contribution in [2.75, 3.05) is 13.6 Å². The maximum atomic E-state index is 12.0. The summed E-state index contributed by atoms with van der Waals surface area (Å²) < 4.78 is 0. The normalized spacial score (nSPS) is 19.5. The molecule has 3 rings (SSSR count). The van der Waals surface area contributed by atoms with Crippen LogP contribution in [0.15, 0.2) is 43.0 Å². The van der Waals surface area contributed by atoms with Crippen molar-refractivity contribution >= 4 is 5.91 Å². The molecule has 1 amide bonds. The Morgan fingerprint density at radius 1 is 1.18 bits per heavy atom. The Labute approximate surface area is 130 Å². The van der Waals surface area contributed by atoms with Gasteiger partial charge in [-0.1, -0.05) is 24.3 Å². The van der Waals surface area contributed by atoms with Crippen LogP contribution >= 0.6 is 0 Å². The first-order valence-electron chi connectivity index (χ1n) is 7.51. The molecule has 22 heavy (non-hydrogen) atoms. The number of hydrogen-bond donors (Lipinski definition) is 1. The summed E-state index contributed by atoms with van der Waals surface area (Å²) in [6.45, 7) is 2.92. The molecule has 2 heterocycles. The molecule has 1 saturated heterocycles. The molecule has 0 bridgehead atoms. The lowest BCUT2D eigenvalue weighted by Crippen LogP contribution is -2.38. The molecular weight excluding hydrogens is 276 g/mol. The van der Waals surface area contributed by atoms with Gasteiger partial charge < -0.3 is 4.90 Å². The van der Waals surface area contributed by atoms with Crippen LogP contribution in [0.3, 0.4) is 0 Å². The third-order valence-electron chi connectivity index (χ3n) is 4.18. The highest BCUT2D eigenvalue weighted by molar-refractivity contribution is 5.83. The lowest BCUT2D eigenvalue weighted by Gasteiger charge is -2.19. The van der Waals surface area contributed by atoms with Crippen molar-refractivity contribution in [1.29, 1.82) is 0 Å². The molecule has 1 aromatic heterocycles. The Kier molecular flexibility index (Phi) is 4.15. The van der Waals surface area contributed by atoms with Gasteiger partial charge >= 0.3 is 0 Å². The number of hydrogen-bond acceptors (Lipinski definition) is 4. The first-order valence-corrected chi connectivity index (χ1v) is 7.51. The Balaban J connectivity index is 1.69. The first kappa shape index (κ1) is 14.7. The van der Waals surface area contributed by atoms with Crippen LogP contribution in [0.25, 0.3) is 11.1 Å². The number of carbonyl (C=O) groups is 1. The van der Waals surface area contributed by atoms with Crippen molar-refractivity contribution < 1.29 is 4.79 Å². The van der Waals surface area contributed by atoms with E-state index in [1.165, 1.54) is 11.9 Å². The number of likely N-dealkylation sites (N-methyl/N-ethyl adjacent to an activating group) is 1. The van der Waals surface area contributed by atoms with Crippen molar-refractivity contribution in [1.82, 2.24) is 20.2 Å². The third kappa shape index (κ3) is 2.99. The van der Waals surface area contributed by atoms with Crippen LogP contribution in [0.2, 0.25) is 0 Å². The van der Waals surface area contributed by atoms with Crippen molar-refractivity contribution in [3.05, 3.63) is 48.5 Å². The van der Waals surface area contributed by atoms with Crippen molar-refractivity contribution in [2.45, 2.75) is 25.4 Å². The molecule has 2 aromatic rings. The van der Waals surface area contributed by atoms with E-state index in [1.54, 1.807) is 17.3 Å². The van der Waals surface area contributed by atoms with E-state index in [0.29, 0.717) is 0 Å². The molecule has 0 saturated carbocycles. The second kappa shape index (κ2) is 6.23. The lowest BCUT2D eigenvalue weighted by atomic mass is 10.0. The molecule has 1 aliphatic rings. The maximum Gasteiger partial charge on any atom is 0.239 e. The number of amides is 1. The van der Waals surface area contributed by atoms with E-state index in [9.17, 15) is 4.79 Å². The minimum absolute atomic E-state index is 0.0674.